The average Bonchev–Trinajstić information content (AvgIpc) is 2.60. The Hall–Kier alpha value is -1.62. The highest BCUT2D eigenvalue weighted by molar-refractivity contribution is 5.70. The van der Waals surface area contributed by atoms with Gasteiger partial charge in [0.15, 0.2) is 5.82 Å². The van der Waals surface area contributed by atoms with Crippen LogP contribution in [0.15, 0.2) is 18.3 Å². The van der Waals surface area contributed by atoms with Crippen molar-refractivity contribution >= 4 is 11.3 Å². The molecule has 0 N–H and O–H groups in total. The minimum absolute atomic E-state index is 0.419. The first kappa shape index (κ1) is 9.41. The van der Waals surface area contributed by atoms with Gasteiger partial charge < -0.3 is 9.64 Å². The van der Waals surface area contributed by atoms with Crippen LogP contribution in [0, 0.1) is 12.3 Å². The number of hydrogen-bond acceptors (Lipinski definition) is 4. The molecule has 0 aromatic carbocycles. The summed E-state index contributed by atoms with van der Waals surface area (Å²) in [6, 6.07) is 4.08. The van der Waals surface area contributed by atoms with Crippen molar-refractivity contribution < 1.29 is 4.74 Å². The number of aromatic nitrogens is 3. The van der Waals surface area contributed by atoms with E-state index in [4.69, 9.17) is 4.74 Å². The second-order valence-corrected chi connectivity index (χ2v) is 5.17. The number of anilines is 1. The molecule has 0 saturated carbocycles. The number of rotatable bonds is 1. The number of nitrogens with zero attached hydrogens (tertiary/aromatic N) is 4. The SMILES string of the molecule is Cc1nc(N2CC3(COC3)C2)c2cccn2n1. The van der Waals surface area contributed by atoms with E-state index in [-0.39, 0.29) is 0 Å². The molecule has 88 valence electrons. The lowest BCUT2D eigenvalue weighted by molar-refractivity contribution is -0.127. The molecular weight excluding hydrogens is 216 g/mol. The normalized spacial score (nSPS) is 21.6. The molecule has 2 aromatic heterocycles. The van der Waals surface area contributed by atoms with Crippen LogP contribution in [0.2, 0.25) is 0 Å². The molecule has 4 heterocycles. The molecule has 0 bridgehead atoms. The largest absolute Gasteiger partial charge is 0.380 e. The summed E-state index contributed by atoms with van der Waals surface area (Å²) in [6.07, 6.45) is 1.97. The smallest absolute Gasteiger partial charge is 0.156 e. The van der Waals surface area contributed by atoms with Crippen molar-refractivity contribution in [2.75, 3.05) is 31.2 Å². The van der Waals surface area contributed by atoms with Gasteiger partial charge in [0.2, 0.25) is 0 Å². The van der Waals surface area contributed by atoms with Gasteiger partial charge in [-0.1, -0.05) is 0 Å². The number of hydrogen-bond donors (Lipinski definition) is 0. The van der Waals surface area contributed by atoms with Gasteiger partial charge in [-0.3, -0.25) is 0 Å². The highest BCUT2D eigenvalue weighted by Gasteiger charge is 2.49. The van der Waals surface area contributed by atoms with Crippen molar-refractivity contribution in [3.05, 3.63) is 24.2 Å². The van der Waals surface area contributed by atoms with Gasteiger partial charge in [-0.25, -0.2) is 9.50 Å². The summed E-state index contributed by atoms with van der Waals surface area (Å²) in [5, 5.41) is 4.36. The van der Waals surface area contributed by atoms with Crippen LogP contribution in [-0.2, 0) is 4.74 Å². The minimum Gasteiger partial charge on any atom is -0.380 e. The van der Waals surface area contributed by atoms with Crippen molar-refractivity contribution in [1.82, 2.24) is 14.6 Å². The fourth-order valence-electron chi connectivity index (χ4n) is 2.74. The summed E-state index contributed by atoms with van der Waals surface area (Å²) in [5.74, 6) is 1.87. The lowest BCUT2D eigenvalue weighted by Gasteiger charge is -2.55. The number of aryl methyl sites for hydroxylation is 1. The van der Waals surface area contributed by atoms with Crippen molar-refractivity contribution in [3.8, 4) is 0 Å². The summed E-state index contributed by atoms with van der Waals surface area (Å²) in [5.41, 5.74) is 1.51. The molecule has 4 rings (SSSR count). The molecular formula is C12H14N4O. The molecule has 0 radical (unpaired) electrons. The Bertz CT molecular complexity index is 579. The molecule has 0 unspecified atom stereocenters. The van der Waals surface area contributed by atoms with Gasteiger partial charge in [-0.15, -0.1) is 0 Å². The van der Waals surface area contributed by atoms with E-state index in [1.54, 1.807) is 0 Å². The molecule has 2 aliphatic heterocycles. The van der Waals surface area contributed by atoms with Crippen molar-refractivity contribution in [2.24, 2.45) is 5.41 Å². The maximum absolute atomic E-state index is 5.30. The maximum atomic E-state index is 5.30. The molecule has 2 saturated heterocycles. The van der Waals surface area contributed by atoms with Crippen molar-refractivity contribution in [2.45, 2.75) is 6.92 Å². The zero-order valence-corrected chi connectivity index (χ0v) is 9.76. The fraction of sp³-hybridized carbons (Fsp3) is 0.500. The molecule has 0 aliphatic carbocycles. The summed E-state index contributed by atoms with van der Waals surface area (Å²) in [7, 11) is 0. The predicted octanol–water partition coefficient (Wildman–Crippen LogP) is 0.874. The molecule has 2 aliphatic rings. The van der Waals surface area contributed by atoms with E-state index in [1.807, 2.05) is 23.7 Å². The van der Waals surface area contributed by atoms with Crippen LogP contribution in [0.4, 0.5) is 5.82 Å². The Morgan fingerprint density at radius 3 is 2.88 bits per heavy atom. The standard InChI is InChI=1S/C12H14N4O/c1-9-13-11(10-3-2-4-16(10)14-9)15-5-12(6-15)7-17-8-12/h2-4H,5-8H2,1H3. The Balaban J connectivity index is 1.73. The van der Waals surface area contributed by atoms with E-state index in [0.29, 0.717) is 5.41 Å². The Labute approximate surface area is 99.0 Å². The van der Waals surface area contributed by atoms with Crippen LogP contribution < -0.4 is 4.90 Å². The van der Waals surface area contributed by atoms with Gasteiger partial charge in [0.1, 0.15) is 11.3 Å². The van der Waals surface area contributed by atoms with Crippen molar-refractivity contribution in [3.63, 3.8) is 0 Å². The van der Waals surface area contributed by atoms with E-state index >= 15 is 0 Å². The van der Waals surface area contributed by atoms with Crippen LogP contribution in [0.3, 0.4) is 0 Å². The van der Waals surface area contributed by atoms with E-state index in [1.165, 1.54) is 0 Å². The van der Waals surface area contributed by atoms with E-state index < -0.39 is 0 Å². The highest BCUT2D eigenvalue weighted by Crippen LogP contribution is 2.40. The van der Waals surface area contributed by atoms with Gasteiger partial charge in [0.25, 0.3) is 0 Å². The summed E-state index contributed by atoms with van der Waals surface area (Å²) in [4.78, 5) is 6.90. The molecule has 5 nitrogen and oxygen atoms in total. The Morgan fingerprint density at radius 1 is 1.35 bits per heavy atom. The van der Waals surface area contributed by atoms with Gasteiger partial charge >= 0.3 is 0 Å². The second kappa shape index (κ2) is 2.98. The number of ether oxygens (including phenoxy) is 1. The minimum atomic E-state index is 0.419. The van der Waals surface area contributed by atoms with Crippen LogP contribution in [0.25, 0.3) is 5.52 Å². The monoisotopic (exact) mass is 230 g/mol. The first-order valence-electron chi connectivity index (χ1n) is 5.91. The highest BCUT2D eigenvalue weighted by atomic mass is 16.5. The molecule has 0 amide bonds. The van der Waals surface area contributed by atoms with Gasteiger partial charge in [0, 0.05) is 19.3 Å². The third-order valence-corrected chi connectivity index (χ3v) is 3.65. The van der Waals surface area contributed by atoms with Crippen LogP contribution >= 0.6 is 0 Å². The lowest BCUT2D eigenvalue weighted by Crippen LogP contribution is -2.66. The third-order valence-electron chi connectivity index (χ3n) is 3.65. The topological polar surface area (TPSA) is 42.7 Å². The predicted molar refractivity (Wildman–Crippen MR) is 63.2 cm³/mol. The molecule has 0 atom stereocenters. The molecule has 2 fully saturated rings. The second-order valence-electron chi connectivity index (χ2n) is 5.17. The Kier molecular flexibility index (Phi) is 1.65. The first-order chi connectivity index (χ1) is 8.26. The quantitative estimate of drug-likeness (QED) is 0.729. The lowest BCUT2D eigenvalue weighted by atomic mass is 9.78. The van der Waals surface area contributed by atoms with Gasteiger partial charge in [0.05, 0.1) is 18.6 Å². The van der Waals surface area contributed by atoms with Gasteiger partial charge in [-0.05, 0) is 19.1 Å². The molecule has 1 spiro atoms. The molecule has 2 aromatic rings. The van der Waals surface area contributed by atoms with Gasteiger partial charge in [-0.2, -0.15) is 5.10 Å². The molecule has 5 heteroatoms. The summed E-state index contributed by atoms with van der Waals surface area (Å²) in [6.45, 7) is 5.87. The maximum Gasteiger partial charge on any atom is 0.156 e. The summed E-state index contributed by atoms with van der Waals surface area (Å²) >= 11 is 0. The first-order valence-corrected chi connectivity index (χ1v) is 5.91. The fourth-order valence-corrected chi connectivity index (χ4v) is 2.74. The van der Waals surface area contributed by atoms with Crippen LogP contribution in [0.5, 0.6) is 0 Å². The zero-order chi connectivity index (χ0) is 11.5. The van der Waals surface area contributed by atoms with E-state index in [9.17, 15) is 0 Å². The van der Waals surface area contributed by atoms with E-state index in [2.05, 4.69) is 21.0 Å². The van der Waals surface area contributed by atoms with Crippen LogP contribution in [0.1, 0.15) is 5.82 Å². The number of fused-ring (bicyclic) bond motifs is 1. The Morgan fingerprint density at radius 2 is 2.18 bits per heavy atom. The molecule has 17 heavy (non-hydrogen) atoms. The summed E-state index contributed by atoms with van der Waals surface area (Å²) < 4.78 is 7.20. The van der Waals surface area contributed by atoms with E-state index in [0.717, 1.165) is 43.5 Å². The third kappa shape index (κ3) is 1.23. The zero-order valence-electron chi connectivity index (χ0n) is 9.76. The van der Waals surface area contributed by atoms with Crippen LogP contribution in [-0.4, -0.2) is 40.9 Å². The van der Waals surface area contributed by atoms with Crippen molar-refractivity contribution in [1.29, 1.82) is 0 Å². The average molecular weight is 230 g/mol.